The zero-order chi connectivity index (χ0) is 22.3. The van der Waals surface area contributed by atoms with Gasteiger partial charge in [-0.25, -0.2) is 12.8 Å². The fourth-order valence-corrected chi connectivity index (χ4v) is 5.08. The molecule has 0 unspecified atom stereocenters. The number of hydrogen-bond acceptors (Lipinski definition) is 4. The molecule has 1 aromatic heterocycles. The largest absolute Gasteiger partial charge is 0.289 e. The third kappa shape index (κ3) is 3.75. The summed E-state index contributed by atoms with van der Waals surface area (Å²) in [5.41, 5.74) is 3.39. The van der Waals surface area contributed by atoms with Gasteiger partial charge in [0.2, 0.25) is 9.84 Å². The van der Waals surface area contributed by atoms with Crippen LogP contribution in [-0.4, -0.2) is 19.2 Å². The van der Waals surface area contributed by atoms with Crippen LogP contribution in [0.15, 0.2) is 76.7 Å². The van der Waals surface area contributed by atoms with E-state index in [1.54, 1.807) is 24.3 Å². The van der Waals surface area contributed by atoms with Crippen molar-refractivity contribution in [3.05, 3.63) is 100 Å². The van der Waals surface area contributed by atoms with Gasteiger partial charge in [0.1, 0.15) is 5.82 Å². The molecule has 0 aliphatic rings. The van der Waals surface area contributed by atoms with Crippen molar-refractivity contribution >= 4 is 26.5 Å². The first-order valence-corrected chi connectivity index (χ1v) is 11.2. The first-order chi connectivity index (χ1) is 14.7. The van der Waals surface area contributed by atoms with E-state index in [-0.39, 0.29) is 20.7 Å². The van der Waals surface area contributed by atoms with E-state index in [4.69, 9.17) is 0 Å². The van der Waals surface area contributed by atoms with Crippen molar-refractivity contribution in [1.29, 1.82) is 0 Å². The maximum absolute atomic E-state index is 14.1. The summed E-state index contributed by atoms with van der Waals surface area (Å²) < 4.78 is 41.4. The van der Waals surface area contributed by atoms with Crippen LogP contribution in [0.1, 0.15) is 32.6 Å². The predicted octanol–water partition coefficient (Wildman–Crippen LogP) is 5.36. The monoisotopic (exact) mass is 433 g/mol. The average molecular weight is 434 g/mol. The van der Waals surface area contributed by atoms with Crippen LogP contribution in [0.5, 0.6) is 0 Å². The van der Waals surface area contributed by atoms with Gasteiger partial charge in [-0.15, -0.1) is 0 Å². The lowest BCUT2D eigenvalue weighted by Crippen LogP contribution is -2.13. The Bertz CT molecular complexity index is 1440. The van der Waals surface area contributed by atoms with Crippen molar-refractivity contribution < 1.29 is 17.6 Å². The molecular weight excluding hydrogens is 413 g/mol. The number of nitrogens with zero attached hydrogens (tertiary/aromatic N) is 1. The molecule has 0 radical (unpaired) electrons. The molecular formula is C25H20FNO3S. The van der Waals surface area contributed by atoms with Gasteiger partial charge in [-0.3, -0.25) is 9.78 Å². The number of hydrogen-bond donors (Lipinski definition) is 0. The number of pyridine rings is 1. The maximum Gasteiger partial charge on any atom is 0.208 e. The summed E-state index contributed by atoms with van der Waals surface area (Å²) >= 11 is 0. The molecule has 4 nitrogen and oxygen atoms in total. The van der Waals surface area contributed by atoms with Gasteiger partial charge in [0.15, 0.2) is 5.78 Å². The van der Waals surface area contributed by atoms with Crippen LogP contribution in [-0.2, 0) is 9.84 Å². The summed E-state index contributed by atoms with van der Waals surface area (Å²) in [5.74, 6) is -1.09. The molecule has 4 rings (SSSR count). The number of ketones is 1. The highest BCUT2D eigenvalue weighted by Crippen LogP contribution is 2.32. The second-order valence-electron chi connectivity index (χ2n) is 7.61. The number of carbonyl (C=O) groups excluding carboxylic acids is 1. The van der Waals surface area contributed by atoms with Crippen molar-refractivity contribution in [1.82, 2.24) is 4.98 Å². The lowest BCUT2D eigenvalue weighted by molar-refractivity contribution is 0.103. The highest BCUT2D eigenvalue weighted by molar-refractivity contribution is 7.91. The van der Waals surface area contributed by atoms with E-state index in [9.17, 15) is 17.6 Å². The zero-order valence-corrected chi connectivity index (χ0v) is 18.1. The molecule has 0 fully saturated rings. The van der Waals surface area contributed by atoms with Crippen molar-refractivity contribution in [2.75, 3.05) is 0 Å². The summed E-state index contributed by atoms with van der Waals surface area (Å²) in [4.78, 5) is 17.4. The highest BCUT2D eigenvalue weighted by Gasteiger charge is 2.28. The zero-order valence-electron chi connectivity index (χ0n) is 17.3. The molecule has 1 heterocycles. The molecule has 0 saturated heterocycles. The Kier molecular flexibility index (Phi) is 5.19. The third-order valence-electron chi connectivity index (χ3n) is 5.39. The smallest absolute Gasteiger partial charge is 0.208 e. The second-order valence-corrected chi connectivity index (χ2v) is 9.49. The van der Waals surface area contributed by atoms with Crippen LogP contribution in [0.4, 0.5) is 4.39 Å². The van der Waals surface area contributed by atoms with Crippen molar-refractivity contribution in [2.24, 2.45) is 0 Å². The van der Waals surface area contributed by atoms with Gasteiger partial charge < -0.3 is 0 Å². The number of sulfone groups is 1. The van der Waals surface area contributed by atoms with Crippen LogP contribution < -0.4 is 0 Å². The van der Waals surface area contributed by atoms with Crippen molar-refractivity contribution in [3.8, 4) is 0 Å². The minimum atomic E-state index is -4.13. The summed E-state index contributed by atoms with van der Waals surface area (Å²) in [5, 5.41) is 0.0789. The minimum Gasteiger partial charge on any atom is -0.289 e. The Balaban J connectivity index is 2.03. The highest BCUT2D eigenvalue weighted by atomic mass is 32.2. The Morgan fingerprint density at radius 3 is 2.26 bits per heavy atom. The van der Waals surface area contributed by atoms with Gasteiger partial charge >= 0.3 is 0 Å². The van der Waals surface area contributed by atoms with Crippen LogP contribution in [0.25, 0.3) is 10.9 Å². The van der Waals surface area contributed by atoms with E-state index in [1.807, 2.05) is 26.8 Å². The van der Waals surface area contributed by atoms with Crippen LogP contribution >= 0.6 is 0 Å². The lowest BCUT2D eigenvalue weighted by Gasteiger charge is -2.14. The number of carbonyl (C=O) groups is 1. The molecule has 4 aromatic rings. The van der Waals surface area contributed by atoms with E-state index in [0.717, 1.165) is 22.8 Å². The predicted molar refractivity (Wildman–Crippen MR) is 118 cm³/mol. The number of halogens is 1. The quantitative estimate of drug-likeness (QED) is 0.406. The normalized spacial score (nSPS) is 11.6. The van der Waals surface area contributed by atoms with E-state index in [1.165, 1.54) is 30.5 Å². The SMILES string of the molecule is Cc1ccc(S(=O)(=O)c2c(C(=O)c3ccc(C)c(C)c3)cnc3ccc(F)cc23)cc1. The summed E-state index contributed by atoms with van der Waals surface area (Å²) in [7, 11) is -4.13. The molecule has 0 aliphatic carbocycles. The third-order valence-corrected chi connectivity index (χ3v) is 7.26. The Morgan fingerprint density at radius 2 is 1.58 bits per heavy atom. The molecule has 3 aromatic carbocycles. The molecule has 31 heavy (non-hydrogen) atoms. The van der Waals surface area contributed by atoms with Crippen LogP contribution in [0.2, 0.25) is 0 Å². The number of fused-ring (bicyclic) bond motifs is 1. The van der Waals surface area contributed by atoms with Crippen LogP contribution in [0.3, 0.4) is 0 Å². The summed E-state index contributed by atoms with van der Waals surface area (Å²) in [6, 6.07) is 15.2. The van der Waals surface area contributed by atoms with Crippen molar-refractivity contribution in [3.63, 3.8) is 0 Å². The molecule has 0 aliphatic heterocycles. The molecule has 0 amide bonds. The fourth-order valence-electron chi connectivity index (χ4n) is 3.47. The minimum absolute atomic E-state index is 0.0315. The molecule has 0 spiro atoms. The molecule has 156 valence electrons. The first kappa shape index (κ1) is 20.9. The van der Waals surface area contributed by atoms with E-state index in [2.05, 4.69) is 4.98 Å². The van der Waals surface area contributed by atoms with Crippen LogP contribution in [0, 0.1) is 26.6 Å². The molecule has 6 heteroatoms. The Morgan fingerprint density at radius 1 is 0.871 bits per heavy atom. The van der Waals surface area contributed by atoms with E-state index >= 15 is 0 Å². The average Bonchev–Trinajstić information content (AvgIpc) is 2.74. The van der Waals surface area contributed by atoms with Gasteiger partial charge in [0, 0.05) is 17.1 Å². The van der Waals surface area contributed by atoms with E-state index in [0.29, 0.717) is 11.1 Å². The van der Waals surface area contributed by atoms with E-state index < -0.39 is 21.4 Å². The maximum atomic E-state index is 14.1. The number of rotatable bonds is 4. The number of aromatic nitrogens is 1. The number of benzene rings is 3. The van der Waals surface area contributed by atoms with Gasteiger partial charge in [-0.05, 0) is 68.3 Å². The van der Waals surface area contributed by atoms with Gasteiger partial charge in [-0.1, -0.05) is 29.8 Å². The van der Waals surface area contributed by atoms with Gasteiger partial charge in [0.05, 0.1) is 20.9 Å². The van der Waals surface area contributed by atoms with Crippen molar-refractivity contribution in [2.45, 2.75) is 30.6 Å². The molecule has 0 saturated carbocycles. The second kappa shape index (κ2) is 7.71. The summed E-state index contributed by atoms with van der Waals surface area (Å²) in [6.45, 7) is 5.66. The Labute approximate surface area is 180 Å². The standard InChI is InChI=1S/C25H20FNO3S/c1-15-4-9-20(10-5-15)31(29,30)25-21-13-19(26)8-11-23(21)27-14-22(25)24(28)18-7-6-16(2)17(3)12-18/h4-14H,1-3H3. The van der Waals surface area contributed by atoms with Gasteiger partial charge in [-0.2, -0.15) is 0 Å². The lowest BCUT2D eigenvalue weighted by atomic mass is 9.99. The Hall–Kier alpha value is -3.38. The first-order valence-electron chi connectivity index (χ1n) is 9.70. The molecule has 0 bridgehead atoms. The molecule has 0 N–H and O–H groups in total. The summed E-state index contributed by atoms with van der Waals surface area (Å²) in [6.07, 6.45) is 1.26. The molecule has 0 atom stereocenters. The fraction of sp³-hybridized carbons (Fsp3) is 0.120. The topological polar surface area (TPSA) is 64.1 Å². The van der Waals surface area contributed by atoms with Gasteiger partial charge in [0.25, 0.3) is 0 Å². The number of aryl methyl sites for hydroxylation is 3.